The van der Waals surface area contributed by atoms with Crippen LogP contribution >= 0.6 is 11.8 Å². The summed E-state index contributed by atoms with van der Waals surface area (Å²) in [4.78, 5) is 0. The zero-order valence-electron chi connectivity index (χ0n) is 15.7. The van der Waals surface area contributed by atoms with Crippen LogP contribution in [0.2, 0.25) is 0 Å². The molecule has 0 aliphatic rings. The maximum atomic E-state index is 3.69. The van der Waals surface area contributed by atoms with Gasteiger partial charge in [-0.25, -0.2) is 0 Å². The summed E-state index contributed by atoms with van der Waals surface area (Å²) in [6.07, 6.45) is 13.1. The highest BCUT2D eigenvalue weighted by Gasteiger charge is 1.97. The first-order valence-electron chi connectivity index (χ1n) is 8.64. The minimum atomic E-state index is 0.752. The van der Waals surface area contributed by atoms with E-state index in [4.69, 9.17) is 0 Å². The zero-order chi connectivity index (χ0) is 17.5. The lowest BCUT2D eigenvalue weighted by Gasteiger charge is -2.10. The normalized spacial score (nSPS) is 12.3. The predicted molar refractivity (Wildman–Crippen MR) is 108 cm³/mol. The minimum Gasteiger partial charge on any atom is -0.309 e. The highest BCUT2D eigenvalue weighted by molar-refractivity contribution is 7.99. The number of hydrogen-bond acceptors (Lipinski definition) is 3. The molecule has 3 heteroatoms. The number of thioether (sulfide) groups is 1. The Labute approximate surface area is 148 Å². The molecule has 132 valence electrons. The summed E-state index contributed by atoms with van der Waals surface area (Å²) < 4.78 is 0. The lowest BCUT2D eigenvalue weighted by molar-refractivity contribution is 0.687. The molecule has 0 aliphatic heterocycles. The van der Waals surface area contributed by atoms with E-state index in [1.807, 2.05) is 11.8 Å². The van der Waals surface area contributed by atoms with Gasteiger partial charge in [0.15, 0.2) is 0 Å². The van der Waals surface area contributed by atoms with Crippen molar-refractivity contribution in [1.29, 1.82) is 0 Å². The number of hydrazine groups is 1. The summed E-state index contributed by atoms with van der Waals surface area (Å²) in [6, 6.07) is 0. The van der Waals surface area contributed by atoms with Crippen molar-refractivity contribution in [2.45, 2.75) is 60.3 Å². The predicted octanol–water partition coefficient (Wildman–Crippen LogP) is 5.97. The fourth-order valence-corrected chi connectivity index (χ4v) is 2.91. The molecule has 0 saturated carbocycles. The van der Waals surface area contributed by atoms with Gasteiger partial charge in [0, 0.05) is 17.6 Å². The largest absolute Gasteiger partial charge is 0.309 e. The molecule has 0 saturated heterocycles. The summed E-state index contributed by atoms with van der Waals surface area (Å²) in [6.45, 7) is 14.8. The van der Waals surface area contributed by atoms with Crippen molar-refractivity contribution in [1.82, 2.24) is 10.9 Å². The van der Waals surface area contributed by atoms with Crippen molar-refractivity contribution in [2.75, 3.05) is 11.5 Å². The molecule has 0 atom stereocenters. The SMILES string of the molecule is C=CNN/C(=C\CSCC(C)C)CC/C=C(\C)CCC=C(C)C. The summed E-state index contributed by atoms with van der Waals surface area (Å²) >= 11 is 1.98. The monoisotopic (exact) mass is 336 g/mol. The fraction of sp³-hybridized carbons (Fsp3) is 0.600. The van der Waals surface area contributed by atoms with E-state index in [0.29, 0.717) is 0 Å². The van der Waals surface area contributed by atoms with Crippen LogP contribution in [-0.4, -0.2) is 11.5 Å². The summed E-state index contributed by atoms with van der Waals surface area (Å²) in [5.74, 6) is 3.02. The molecule has 0 unspecified atom stereocenters. The maximum absolute atomic E-state index is 3.69. The Bertz CT molecular complexity index is 402. The van der Waals surface area contributed by atoms with E-state index < -0.39 is 0 Å². The molecular weight excluding hydrogens is 300 g/mol. The number of hydrogen-bond donors (Lipinski definition) is 2. The second-order valence-corrected chi connectivity index (χ2v) is 7.62. The fourth-order valence-electron chi connectivity index (χ4n) is 1.99. The van der Waals surface area contributed by atoms with E-state index in [-0.39, 0.29) is 0 Å². The van der Waals surface area contributed by atoms with Crippen molar-refractivity contribution in [2.24, 2.45) is 5.92 Å². The average molecular weight is 337 g/mol. The second-order valence-electron chi connectivity index (χ2n) is 6.54. The topological polar surface area (TPSA) is 24.1 Å². The molecule has 2 nitrogen and oxygen atoms in total. The van der Waals surface area contributed by atoms with Crippen LogP contribution in [0.15, 0.2) is 47.9 Å². The van der Waals surface area contributed by atoms with Gasteiger partial charge in [-0.3, -0.25) is 0 Å². The Hall–Kier alpha value is -1.09. The number of rotatable bonds is 13. The molecule has 0 bridgehead atoms. The Morgan fingerprint density at radius 1 is 1.04 bits per heavy atom. The van der Waals surface area contributed by atoms with Crippen LogP contribution < -0.4 is 10.9 Å². The molecule has 2 N–H and O–H groups in total. The molecule has 0 fully saturated rings. The lowest BCUT2D eigenvalue weighted by Crippen LogP contribution is -2.25. The molecule has 0 aromatic carbocycles. The molecule has 0 heterocycles. The highest BCUT2D eigenvalue weighted by Crippen LogP contribution is 2.12. The van der Waals surface area contributed by atoms with Crippen LogP contribution in [0.4, 0.5) is 0 Å². The van der Waals surface area contributed by atoms with Crippen molar-refractivity contribution in [3.8, 4) is 0 Å². The maximum Gasteiger partial charge on any atom is 0.0285 e. The van der Waals surface area contributed by atoms with Gasteiger partial charge in [0.1, 0.15) is 0 Å². The molecule has 0 aliphatic carbocycles. The second kappa shape index (κ2) is 14.5. The van der Waals surface area contributed by atoms with Gasteiger partial charge in [0.2, 0.25) is 0 Å². The van der Waals surface area contributed by atoms with Crippen LogP contribution in [0.1, 0.15) is 60.3 Å². The first kappa shape index (κ1) is 21.9. The quantitative estimate of drug-likeness (QED) is 0.246. The smallest absolute Gasteiger partial charge is 0.0285 e. The van der Waals surface area contributed by atoms with E-state index in [1.165, 1.54) is 22.6 Å². The third-order valence-corrected chi connectivity index (χ3v) is 4.54. The van der Waals surface area contributed by atoms with Crippen LogP contribution in [0, 0.1) is 5.92 Å². The van der Waals surface area contributed by atoms with E-state index in [2.05, 4.69) is 70.3 Å². The van der Waals surface area contributed by atoms with Crippen molar-refractivity contribution >= 4 is 11.8 Å². The van der Waals surface area contributed by atoms with Gasteiger partial charge >= 0.3 is 0 Å². The molecule has 0 aromatic heterocycles. The van der Waals surface area contributed by atoms with Crippen molar-refractivity contribution in [3.05, 3.63) is 47.9 Å². The third-order valence-electron chi connectivity index (χ3n) is 3.23. The van der Waals surface area contributed by atoms with Gasteiger partial charge < -0.3 is 10.9 Å². The molecule has 0 radical (unpaired) electrons. The first-order chi connectivity index (χ1) is 11.0. The average Bonchev–Trinajstić information content (AvgIpc) is 2.47. The molecule has 0 spiro atoms. The molecule has 0 aromatic rings. The molecule has 23 heavy (non-hydrogen) atoms. The summed E-state index contributed by atoms with van der Waals surface area (Å²) in [5, 5.41) is 0. The Kier molecular flexibility index (Phi) is 13.8. The van der Waals surface area contributed by atoms with Crippen LogP contribution in [0.25, 0.3) is 0 Å². The zero-order valence-corrected chi connectivity index (χ0v) is 16.6. The molecule has 0 amide bonds. The Morgan fingerprint density at radius 3 is 2.35 bits per heavy atom. The molecular formula is C20H36N2S. The number of nitrogens with one attached hydrogen (secondary N) is 2. The van der Waals surface area contributed by atoms with Crippen molar-refractivity contribution in [3.63, 3.8) is 0 Å². The third kappa shape index (κ3) is 15.6. The van der Waals surface area contributed by atoms with Gasteiger partial charge in [-0.2, -0.15) is 11.8 Å². The van der Waals surface area contributed by atoms with Gasteiger partial charge in [-0.1, -0.05) is 49.8 Å². The van der Waals surface area contributed by atoms with Crippen LogP contribution in [0.3, 0.4) is 0 Å². The van der Waals surface area contributed by atoms with E-state index in [9.17, 15) is 0 Å². The van der Waals surface area contributed by atoms with E-state index in [0.717, 1.165) is 37.4 Å². The van der Waals surface area contributed by atoms with Gasteiger partial charge in [-0.15, -0.1) is 0 Å². The Morgan fingerprint density at radius 2 is 1.74 bits per heavy atom. The first-order valence-corrected chi connectivity index (χ1v) is 9.79. The van der Waals surface area contributed by atoms with Gasteiger partial charge in [0.25, 0.3) is 0 Å². The van der Waals surface area contributed by atoms with Crippen molar-refractivity contribution < 1.29 is 0 Å². The van der Waals surface area contributed by atoms with E-state index in [1.54, 1.807) is 6.20 Å². The van der Waals surface area contributed by atoms with Gasteiger partial charge in [0.05, 0.1) is 0 Å². The Balaban J connectivity index is 4.23. The number of allylic oxidation sites excluding steroid dienone is 5. The molecule has 0 rings (SSSR count). The summed E-state index contributed by atoms with van der Waals surface area (Å²) in [7, 11) is 0. The lowest BCUT2D eigenvalue weighted by atomic mass is 10.1. The minimum absolute atomic E-state index is 0.752. The highest BCUT2D eigenvalue weighted by atomic mass is 32.2. The van der Waals surface area contributed by atoms with E-state index >= 15 is 0 Å². The summed E-state index contributed by atoms with van der Waals surface area (Å²) in [5.41, 5.74) is 10.3. The van der Waals surface area contributed by atoms with Crippen LogP contribution in [-0.2, 0) is 0 Å². The van der Waals surface area contributed by atoms with Crippen LogP contribution in [0.5, 0.6) is 0 Å². The van der Waals surface area contributed by atoms with Gasteiger partial charge in [-0.05, 0) is 58.1 Å². The standard InChI is InChI=1S/C20H36N2S/c1-7-21-22-20(14-15-23-16-18(4)5)13-9-12-19(6)11-8-10-17(2)3/h7,10,12,14,18,21-22H,1,8-9,11,13,15-16H2,2-6H3/b19-12+,20-14-.